The molecule has 2 atom stereocenters. The van der Waals surface area contributed by atoms with Gasteiger partial charge in [-0.25, -0.2) is 4.98 Å². The second kappa shape index (κ2) is 8.99. The minimum atomic E-state index is -0.543. The van der Waals surface area contributed by atoms with E-state index in [9.17, 15) is 14.9 Å². The lowest BCUT2D eigenvalue weighted by Crippen LogP contribution is -2.45. The number of aromatic nitrogens is 3. The number of imidazole rings is 1. The van der Waals surface area contributed by atoms with Crippen LogP contribution in [0.15, 0.2) is 24.5 Å². The van der Waals surface area contributed by atoms with Gasteiger partial charge in [0.05, 0.1) is 12.2 Å². The van der Waals surface area contributed by atoms with Gasteiger partial charge in [0.25, 0.3) is 0 Å². The fourth-order valence-corrected chi connectivity index (χ4v) is 3.39. The first-order chi connectivity index (χ1) is 13.8. The molecule has 1 aliphatic heterocycles. The quantitative estimate of drug-likeness (QED) is 0.555. The van der Waals surface area contributed by atoms with Crippen LogP contribution in [0.25, 0.3) is 0 Å². The Kier molecular flexibility index (Phi) is 6.42. The summed E-state index contributed by atoms with van der Waals surface area (Å²) in [5, 5.41) is 13.6. The summed E-state index contributed by atoms with van der Waals surface area (Å²) in [4.78, 5) is 32.9. The van der Waals surface area contributed by atoms with E-state index in [0.717, 1.165) is 24.5 Å². The van der Waals surface area contributed by atoms with Crippen molar-refractivity contribution in [3.05, 3.63) is 46.0 Å². The zero-order valence-electron chi connectivity index (χ0n) is 16.9. The fraction of sp³-hybridized carbons (Fsp3) is 0.526. The molecular formula is C19H26N6O4. The van der Waals surface area contributed by atoms with Crippen LogP contribution < -0.4 is 10.2 Å². The van der Waals surface area contributed by atoms with Gasteiger partial charge in [-0.15, -0.1) is 0 Å². The third-order valence-electron chi connectivity index (χ3n) is 4.77. The number of ether oxygens (including phenoxy) is 1. The van der Waals surface area contributed by atoms with Crippen molar-refractivity contribution in [1.82, 2.24) is 19.9 Å². The third-order valence-corrected chi connectivity index (χ3v) is 4.77. The second-order valence-electron chi connectivity index (χ2n) is 7.31. The zero-order chi connectivity index (χ0) is 21.0. The van der Waals surface area contributed by atoms with Crippen LogP contribution in [0.2, 0.25) is 0 Å². The standard InChI is InChI=1S/C19H26N6O4/c1-13-10-24(11-14(2)29-13)17-5-4-16(8-20-17)9-21-19(26)6-7-23-12-18(25(27)28)22-15(23)3/h4-5,8,12-14H,6-7,9-11H2,1-3H3,(H,21,26). The number of carbonyl (C=O) groups is 1. The third kappa shape index (κ3) is 5.50. The number of aryl methyl sites for hydroxylation is 2. The Morgan fingerprint density at radius 1 is 1.34 bits per heavy atom. The number of amides is 1. The summed E-state index contributed by atoms with van der Waals surface area (Å²) >= 11 is 0. The Balaban J connectivity index is 1.47. The van der Waals surface area contributed by atoms with Crippen LogP contribution in [0.4, 0.5) is 11.6 Å². The molecule has 1 saturated heterocycles. The van der Waals surface area contributed by atoms with Gasteiger partial charge in [0.2, 0.25) is 11.7 Å². The minimum absolute atomic E-state index is 0.138. The molecule has 0 spiro atoms. The maximum atomic E-state index is 12.1. The van der Waals surface area contributed by atoms with Crippen molar-refractivity contribution in [3.63, 3.8) is 0 Å². The predicted molar refractivity (Wildman–Crippen MR) is 107 cm³/mol. The van der Waals surface area contributed by atoms with Crippen molar-refractivity contribution in [3.8, 4) is 0 Å². The van der Waals surface area contributed by atoms with Gasteiger partial charge in [-0.1, -0.05) is 6.07 Å². The first kappa shape index (κ1) is 20.7. The topological polar surface area (TPSA) is 115 Å². The Bertz CT molecular complexity index is 856. The molecular weight excluding hydrogens is 376 g/mol. The summed E-state index contributed by atoms with van der Waals surface area (Å²) in [6.45, 7) is 8.10. The molecule has 0 radical (unpaired) electrons. The van der Waals surface area contributed by atoms with Crippen molar-refractivity contribution < 1.29 is 14.5 Å². The van der Waals surface area contributed by atoms with Crippen LogP contribution in [0, 0.1) is 17.0 Å². The molecule has 1 aliphatic rings. The molecule has 1 N–H and O–H groups in total. The molecule has 0 saturated carbocycles. The molecule has 10 nitrogen and oxygen atoms in total. The number of pyridine rings is 1. The monoisotopic (exact) mass is 402 g/mol. The normalized spacial score (nSPS) is 19.2. The molecule has 156 valence electrons. The van der Waals surface area contributed by atoms with Gasteiger partial charge in [-0.05, 0) is 35.4 Å². The zero-order valence-corrected chi connectivity index (χ0v) is 16.9. The van der Waals surface area contributed by atoms with Gasteiger partial charge in [-0.3, -0.25) is 4.79 Å². The number of morpholine rings is 1. The highest BCUT2D eigenvalue weighted by atomic mass is 16.6. The van der Waals surface area contributed by atoms with Gasteiger partial charge in [0, 0.05) is 45.7 Å². The lowest BCUT2D eigenvalue weighted by atomic mass is 10.2. The molecule has 0 aliphatic carbocycles. The number of nitrogens with zero attached hydrogens (tertiary/aromatic N) is 5. The molecule has 2 aromatic rings. The molecule has 2 aromatic heterocycles. The molecule has 2 unspecified atom stereocenters. The molecule has 10 heteroatoms. The van der Waals surface area contributed by atoms with Crippen LogP contribution >= 0.6 is 0 Å². The molecule has 1 amide bonds. The number of nitrogens with one attached hydrogen (secondary N) is 1. The Labute approximate surface area is 169 Å². The smallest absolute Gasteiger partial charge is 0.372 e. The van der Waals surface area contributed by atoms with Crippen molar-refractivity contribution >= 4 is 17.5 Å². The van der Waals surface area contributed by atoms with E-state index in [1.165, 1.54) is 6.20 Å². The summed E-state index contributed by atoms with van der Waals surface area (Å²) in [6.07, 6.45) is 3.66. The van der Waals surface area contributed by atoms with E-state index in [1.54, 1.807) is 17.7 Å². The van der Waals surface area contributed by atoms with E-state index in [4.69, 9.17) is 4.74 Å². The van der Waals surface area contributed by atoms with Gasteiger partial charge in [0.15, 0.2) is 0 Å². The lowest BCUT2D eigenvalue weighted by Gasteiger charge is -2.36. The van der Waals surface area contributed by atoms with Crippen molar-refractivity contribution in [1.29, 1.82) is 0 Å². The molecule has 0 bridgehead atoms. The highest BCUT2D eigenvalue weighted by molar-refractivity contribution is 5.75. The Hall–Kier alpha value is -3.01. The van der Waals surface area contributed by atoms with Gasteiger partial charge < -0.3 is 29.6 Å². The number of hydrogen-bond donors (Lipinski definition) is 1. The van der Waals surface area contributed by atoms with Crippen molar-refractivity contribution in [2.45, 2.75) is 52.5 Å². The Morgan fingerprint density at radius 2 is 2.07 bits per heavy atom. The highest BCUT2D eigenvalue weighted by Gasteiger charge is 2.23. The van der Waals surface area contributed by atoms with Gasteiger partial charge in [0.1, 0.15) is 12.0 Å². The molecule has 3 rings (SSSR count). The van der Waals surface area contributed by atoms with Crippen LogP contribution in [0.5, 0.6) is 0 Å². The number of carbonyl (C=O) groups excluding carboxylic acids is 1. The summed E-state index contributed by atoms with van der Waals surface area (Å²) < 4.78 is 7.36. The summed E-state index contributed by atoms with van der Waals surface area (Å²) in [5.74, 6) is 1.06. The maximum absolute atomic E-state index is 12.1. The lowest BCUT2D eigenvalue weighted by molar-refractivity contribution is -0.389. The van der Waals surface area contributed by atoms with Crippen molar-refractivity contribution in [2.75, 3.05) is 18.0 Å². The van der Waals surface area contributed by atoms with E-state index >= 15 is 0 Å². The first-order valence-electron chi connectivity index (χ1n) is 9.62. The molecule has 3 heterocycles. The number of rotatable bonds is 7. The van der Waals surface area contributed by atoms with E-state index in [1.807, 2.05) is 12.1 Å². The average molecular weight is 402 g/mol. The highest BCUT2D eigenvalue weighted by Crippen LogP contribution is 2.18. The average Bonchev–Trinajstić information content (AvgIpc) is 3.05. The van der Waals surface area contributed by atoms with Crippen LogP contribution in [-0.4, -0.2) is 50.7 Å². The maximum Gasteiger partial charge on any atom is 0.381 e. The van der Waals surface area contributed by atoms with Gasteiger partial charge >= 0.3 is 5.82 Å². The molecule has 0 aromatic carbocycles. The largest absolute Gasteiger partial charge is 0.381 e. The van der Waals surface area contributed by atoms with Crippen LogP contribution in [0.1, 0.15) is 31.7 Å². The van der Waals surface area contributed by atoms with Crippen LogP contribution in [0.3, 0.4) is 0 Å². The van der Waals surface area contributed by atoms with Crippen molar-refractivity contribution in [2.24, 2.45) is 0 Å². The molecule has 29 heavy (non-hydrogen) atoms. The van der Waals surface area contributed by atoms with E-state index in [-0.39, 0.29) is 30.4 Å². The number of nitro groups is 1. The fourth-order valence-electron chi connectivity index (χ4n) is 3.39. The predicted octanol–water partition coefficient (Wildman–Crippen LogP) is 1.81. The second-order valence-corrected chi connectivity index (χ2v) is 7.31. The minimum Gasteiger partial charge on any atom is -0.372 e. The number of anilines is 1. The number of hydrogen-bond acceptors (Lipinski definition) is 7. The van der Waals surface area contributed by atoms with Gasteiger partial charge in [-0.2, -0.15) is 0 Å². The summed E-state index contributed by atoms with van der Waals surface area (Å²) in [7, 11) is 0. The van der Waals surface area contributed by atoms with E-state index in [0.29, 0.717) is 18.9 Å². The van der Waals surface area contributed by atoms with E-state index < -0.39 is 4.92 Å². The van der Waals surface area contributed by atoms with E-state index in [2.05, 4.69) is 34.0 Å². The first-order valence-corrected chi connectivity index (χ1v) is 9.62. The summed E-state index contributed by atoms with van der Waals surface area (Å²) in [5.41, 5.74) is 0.908. The van der Waals surface area contributed by atoms with Crippen LogP contribution in [-0.2, 0) is 22.6 Å². The SMILES string of the molecule is Cc1nc([N+](=O)[O-])cn1CCC(=O)NCc1ccc(N2CC(C)OC(C)C2)nc1. The Morgan fingerprint density at radius 3 is 2.66 bits per heavy atom. The summed E-state index contributed by atoms with van der Waals surface area (Å²) in [6, 6.07) is 3.91. The molecule has 1 fully saturated rings.